The van der Waals surface area contributed by atoms with Crippen LogP contribution in [0, 0.1) is 0 Å². The molecule has 0 saturated heterocycles. The zero-order valence-electron chi connectivity index (χ0n) is 14.6. The summed E-state index contributed by atoms with van der Waals surface area (Å²) in [4.78, 5) is 18.5. The highest BCUT2D eigenvalue weighted by Gasteiger charge is 2.34. The van der Waals surface area contributed by atoms with Crippen molar-refractivity contribution in [2.75, 3.05) is 5.75 Å². The van der Waals surface area contributed by atoms with Crippen LogP contribution in [0.25, 0.3) is 11.1 Å². The molecule has 5 rings (SSSR count). The fraction of sp³-hybridized carbons (Fsp3) is 0.150. The predicted molar refractivity (Wildman–Crippen MR) is 109 cm³/mol. The van der Waals surface area contributed by atoms with Crippen LogP contribution in [0.4, 0.5) is 0 Å². The molecule has 28 heavy (non-hydrogen) atoms. The number of hydrazone groups is 1. The molecule has 4 heterocycles. The van der Waals surface area contributed by atoms with Crippen molar-refractivity contribution in [3.63, 3.8) is 0 Å². The lowest BCUT2D eigenvalue weighted by molar-refractivity contribution is -0.130. The Labute approximate surface area is 168 Å². The number of hydrogen-bond donors (Lipinski definition) is 0. The lowest BCUT2D eigenvalue weighted by atomic mass is 10.1. The van der Waals surface area contributed by atoms with Gasteiger partial charge in [-0.05, 0) is 35.7 Å². The van der Waals surface area contributed by atoms with Crippen LogP contribution in [0.15, 0.2) is 79.3 Å². The summed E-state index contributed by atoms with van der Waals surface area (Å²) in [6, 6.07) is 15.1. The van der Waals surface area contributed by atoms with Gasteiger partial charge in [-0.1, -0.05) is 30.0 Å². The van der Waals surface area contributed by atoms with Crippen molar-refractivity contribution < 1.29 is 13.6 Å². The molecule has 3 aromatic heterocycles. The number of nitrogens with zero attached hydrogens (tertiary/aromatic N) is 3. The van der Waals surface area contributed by atoms with Crippen molar-refractivity contribution >= 4 is 45.8 Å². The summed E-state index contributed by atoms with van der Waals surface area (Å²) >= 11 is 2.90. The van der Waals surface area contributed by atoms with Crippen LogP contribution in [-0.4, -0.2) is 27.4 Å². The van der Waals surface area contributed by atoms with Crippen molar-refractivity contribution in [3.8, 4) is 0 Å². The average Bonchev–Trinajstić information content (AvgIpc) is 3.50. The molecule has 6 nitrogen and oxygen atoms in total. The summed E-state index contributed by atoms with van der Waals surface area (Å²) < 4.78 is 11.2. The Kier molecular flexibility index (Phi) is 4.50. The number of benzene rings is 1. The van der Waals surface area contributed by atoms with E-state index in [2.05, 4.69) is 10.1 Å². The zero-order valence-corrected chi connectivity index (χ0v) is 16.3. The normalized spacial score (nSPS) is 16.6. The molecule has 0 N–H and O–H groups in total. The first-order valence-electron chi connectivity index (χ1n) is 8.73. The number of thioether (sulfide) groups is 1. The van der Waals surface area contributed by atoms with E-state index in [0.717, 1.165) is 16.1 Å². The van der Waals surface area contributed by atoms with E-state index in [1.165, 1.54) is 11.8 Å². The Morgan fingerprint density at radius 3 is 2.93 bits per heavy atom. The molecule has 140 valence electrons. The molecule has 1 aromatic carbocycles. The van der Waals surface area contributed by atoms with E-state index in [1.807, 2.05) is 53.9 Å². The van der Waals surface area contributed by atoms with Crippen molar-refractivity contribution in [2.24, 2.45) is 5.10 Å². The summed E-state index contributed by atoms with van der Waals surface area (Å²) in [5.74, 6) is 0.805. The van der Waals surface area contributed by atoms with Gasteiger partial charge in [0.15, 0.2) is 5.58 Å². The summed E-state index contributed by atoms with van der Waals surface area (Å²) in [5, 5.41) is 8.63. The quantitative estimate of drug-likeness (QED) is 0.436. The lowest BCUT2D eigenvalue weighted by Crippen LogP contribution is -2.28. The number of rotatable bonds is 5. The Morgan fingerprint density at radius 2 is 2.14 bits per heavy atom. The maximum Gasteiger partial charge on any atom is 0.257 e. The molecule has 8 heteroatoms. The van der Waals surface area contributed by atoms with E-state index in [9.17, 15) is 4.79 Å². The minimum absolute atomic E-state index is 0.0905. The number of fused-ring (bicyclic) bond motifs is 1. The largest absolute Gasteiger partial charge is 0.463 e. The molecule has 0 saturated carbocycles. The fourth-order valence-corrected chi connectivity index (χ4v) is 4.64. The lowest BCUT2D eigenvalue weighted by Gasteiger charge is -2.20. The van der Waals surface area contributed by atoms with E-state index in [0.29, 0.717) is 23.0 Å². The van der Waals surface area contributed by atoms with E-state index in [1.54, 1.807) is 22.6 Å². The fourth-order valence-electron chi connectivity index (χ4n) is 3.14. The highest BCUT2D eigenvalue weighted by molar-refractivity contribution is 7.99. The third-order valence-corrected chi connectivity index (χ3v) is 6.22. The molecule has 1 aliphatic heterocycles. The third-order valence-electron chi connectivity index (χ3n) is 4.44. The zero-order chi connectivity index (χ0) is 18.9. The van der Waals surface area contributed by atoms with Crippen molar-refractivity contribution in [2.45, 2.75) is 17.7 Å². The second-order valence-electron chi connectivity index (χ2n) is 6.23. The molecule has 0 spiro atoms. The molecule has 0 aliphatic carbocycles. The molecule has 1 unspecified atom stereocenters. The Balaban J connectivity index is 1.36. The first-order valence-corrected chi connectivity index (χ1v) is 10.6. The summed E-state index contributed by atoms with van der Waals surface area (Å²) in [6.07, 6.45) is 2.25. The number of hydrogen-bond acceptors (Lipinski definition) is 7. The van der Waals surface area contributed by atoms with Gasteiger partial charge in [-0.2, -0.15) is 5.10 Å². The van der Waals surface area contributed by atoms with E-state index in [-0.39, 0.29) is 17.7 Å². The molecule has 0 bridgehead atoms. The maximum atomic E-state index is 13.0. The smallest absolute Gasteiger partial charge is 0.257 e. The molecule has 0 radical (unpaired) electrons. The number of carbonyl (C=O) groups is 1. The maximum absolute atomic E-state index is 13.0. The van der Waals surface area contributed by atoms with Crippen LogP contribution in [0.1, 0.15) is 23.1 Å². The molecular weight excluding hydrogens is 394 g/mol. The number of furan rings is 1. The second-order valence-corrected chi connectivity index (χ2v) is 8.14. The van der Waals surface area contributed by atoms with Crippen LogP contribution in [0.3, 0.4) is 0 Å². The van der Waals surface area contributed by atoms with E-state index < -0.39 is 0 Å². The van der Waals surface area contributed by atoms with E-state index in [4.69, 9.17) is 8.83 Å². The molecule has 1 amide bonds. The topological polar surface area (TPSA) is 71.8 Å². The van der Waals surface area contributed by atoms with Crippen LogP contribution in [-0.2, 0) is 4.79 Å². The van der Waals surface area contributed by atoms with Crippen LogP contribution in [0.5, 0.6) is 0 Å². The number of amides is 1. The Morgan fingerprint density at radius 1 is 1.21 bits per heavy atom. The summed E-state index contributed by atoms with van der Waals surface area (Å²) in [7, 11) is 0. The Bertz CT molecular complexity index is 1100. The number of aromatic nitrogens is 1. The molecular formula is C20H15N3O3S2. The summed E-state index contributed by atoms with van der Waals surface area (Å²) in [5.41, 5.74) is 2.28. The van der Waals surface area contributed by atoms with Crippen molar-refractivity contribution in [1.29, 1.82) is 0 Å². The van der Waals surface area contributed by atoms with Gasteiger partial charge in [-0.15, -0.1) is 11.3 Å². The average molecular weight is 409 g/mol. The van der Waals surface area contributed by atoms with Gasteiger partial charge >= 0.3 is 0 Å². The van der Waals surface area contributed by atoms with Crippen LogP contribution < -0.4 is 0 Å². The third kappa shape index (κ3) is 3.25. The monoisotopic (exact) mass is 409 g/mol. The van der Waals surface area contributed by atoms with Crippen LogP contribution in [0.2, 0.25) is 0 Å². The van der Waals surface area contributed by atoms with E-state index >= 15 is 0 Å². The second kappa shape index (κ2) is 7.29. The van der Waals surface area contributed by atoms with Gasteiger partial charge in [0.25, 0.3) is 11.1 Å². The molecule has 1 atom stereocenters. The minimum atomic E-state index is -0.114. The van der Waals surface area contributed by atoms with Gasteiger partial charge in [0.2, 0.25) is 0 Å². The first-order chi connectivity index (χ1) is 13.8. The standard InChI is InChI=1S/C20H15N3O3S2/c24-19(12-28-20-21-13-5-1-2-6-17(13)26-20)23-15(18-8-4-10-27-18)11-14(22-23)16-7-3-9-25-16/h1-10,15H,11-12H2. The number of carbonyl (C=O) groups excluding carboxylic acids is 1. The minimum Gasteiger partial charge on any atom is -0.463 e. The summed E-state index contributed by atoms with van der Waals surface area (Å²) in [6.45, 7) is 0. The Hall–Kier alpha value is -2.84. The first kappa shape index (κ1) is 17.3. The van der Waals surface area contributed by atoms with Crippen molar-refractivity contribution in [1.82, 2.24) is 9.99 Å². The highest BCUT2D eigenvalue weighted by Crippen LogP contribution is 2.36. The van der Waals surface area contributed by atoms with Gasteiger partial charge in [0.05, 0.1) is 18.1 Å². The van der Waals surface area contributed by atoms with Crippen LogP contribution >= 0.6 is 23.1 Å². The molecule has 1 aliphatic rings. The number of oxazole rings is 1. The number of thiophene rings is 1. The van der Waals surface area contributed by atoms with Gasteiger partial charge in [-0.3, -0.25) is 4.79 Å². The SMILES string of the molecule is O=C(CSc1nc2ccccc2o1)N1N=C(c2ccco2)CC1c1cccs1. The predicted octanol–water partition coefficient (Wildman–Crippen LogP) is 4.95. The van der Waals surface area contributed by atoms with Gasteiger partial charge < -0.3 is 8.83 Å². The van der Waals surface area contributed by atoms with Gasteiger partial charge in [-0.25, -0.2) is 9.99 Å². The van der Waals surface area contributed by atoms with Gasteiger partial charge in [0.1, 0.15) is 17.0 Å². The molecule has 4 aromatic rings. The highest BCUT2D eigenvalue weighted by atomic mass is 32.2. The molecule has 0 fully saturated rings. The van der Waals surface area contributed by atoms with Gasteiger partial charge in [0, 0.05) is 11.3 Å². The van der Waals surface area contributed by atoms with Crippen molar-refractivity contribution in [3.05, 3.63) is 70.8 Å². The number of para-hydroxylation sites is 2.